The molecule has 0 bridgehead atoms. The number of hydrogen-bond donors (Lipinski definition) is 0. The van der Waals surface area contributed by atoms with E-state index in [9.17, 15) is 0 Å². The molecule has 0 aromatic carbocycles. The molecule has 0 aliphatic heterocycles. The third kappa shape index (κ3) is 13.8. The molecule has 0 aliphatic carbocycles. The maximum atomic E-state index is 2.35. The first kappa shape index (κ1) is 14.4. The number of rotatable bonds is 7. The maximum absolute atomic E-state index is 2.35. The molecule has 0 fully saturated rings. The van der Waals surface area contributed by atoms with E-state index in [1.165, 1.54) is 44.7 Å². The summed E-state index contributed by atoms with van der Waals surface area (Å²) in [7, 11) is 0.772. The van der Waals surface area contributed by atoms with E-state index in [4.69, 9.17) is 0 Å². The molecule has 0 aromatic heterocycles. The molecule has 0 spiro atoms. The van der Waals surface area contributed by atoms with Crippen LogP contribution in [-0.2, 0) is 0 Å². The molecule has 0 saturated heterocycles. The van der Waals surface area contributed by atoms with Crippen molar-refractivity contribution in [1.29, 1.82) is 0 Å². The fourth-order valence-corrected chi connectivity index (χ4v) is 1.83. The first-order chi connectivity index (χ1) is 4.91. The van der Waals surface area contributed by atoms with Gasteiger partial charge in [0.25, 0.3) is 0 Å². The summed E-state index contributed by atoms with van der Waals surface area (Å²) in [5.74, 6) is 0. The summed E-state index contributed by atoms with van der Waals surface area (Å²) >= 11 is 0. The van der Waals surface area contributed by atoms with Gasteiger partial charge in [0.1, 0.15) is 0 Å². The summed E-state index contributed by atoms with van der Waals surface area (Å²) in [5, 5.41) is 0. The summed E-state index contributed by atoms with van der Waals surface area (Å²) in [6, 6.07) is 0. The topological polar surface area (TPSA) is 0 Å². The maximum Gasteiger partial charge on any atom is 0.0546 e. The standard InChI is InChI=1S/C9H21P.BrH/c1-3-4-5-6-7-8-9-10-2;/h10H,3-9H2,1-2H3;1H. The second-order valence-corrected chi connectivity index (χ2v) is 4.36. The normalized spacial score (nSPS) is 10.4. The van der Waals surface area contributed by atoms with Gasteiger partial charge in [0.05, 0.1) is 6.16 Å². The van der Waals surface area contributed by atoms with Crippen molar-refractivity contribution >= 4 is 8.58 Å². The fraction of sp³-hybridized carbons (Fsp3) is 1.00. The van der Waals surface area contributed by atoms with Crippen molar-refractivity contribution in [2.24, 2.45) is 0 Å². The van der Waals surface area contributed by atoms with Gasteiger partial charge in [0.2, 0.25) is 0 Å². The van der Waals surface area contributed by atoms with E-state index in [0.29, 0.717) is 0 Å². The highest BCUT2D eigenvalue weighted by molar-refractivity contribution is 7.36. The molecule has 11 heavy (non-hydrogen) atoms. The Morgan fingerprint density at radius 2 is 1.45 bits per heavy atom. The van der Waals surface area contributed by atoms with E-state index in [-0.39, 0.29) is 17.0 Å². The van der Waals surface area contributed by atoms with E-state index < -0.39 is 0 Å². The van der Waals surface area contributed by atoms with Gasteiger partial charge in [-0.05, 0) is 21.4 Å². The largest absolute Gasteiger partial charge is 1.00 e. The highest BCUT2D eigenvalue weighted by atomic mass is 79.9. The monoisotopic (exact) mass is 240 g/mol. The molecule has 0 radical (unpaired) electrons. The van der Waals surface area contributed by atoms with E-state index in [0.717, 1.165) is 8.58 Å². The first-order valence-corrected chi connectivity index (χ1v) is 6.66. The number of unbranched alkanes of at least 4 members (excludes halogenated alkanes) is 5. The predicted octanol–water partition coefficient (Wildman–Crippen LogP) is 0.392. The Labute approximate surface area is 84.1 Å². The zero-order valence-electron chi connectivity index (χ0n) is 7.91. The van der Waals surface area contributed by atoms with Crippen LogP contribution in [0.4, 0.5) is 0 Å². The minimum Gasteiger partial charge on any atom is -1.00 e. The molecular formula is C9H22BrP. The van der Waals surface area contributed by atoms with Crippen molar-refractivity contribution in [1.82, 2.24) is 0 Å². The van der Waals surface area contributed by atoms with Crippen LogP contribution in [0.1, 0.15) is 45.4 Å². The van der Waals surface area contributed by atoms with Crippen LogP contribution in [0.15, 0.2) is 0 Å². The average molecular weight is 241 g/mol. The summed E-state index contributed by atoms with van der Waals surface area (Å²) < 4.78 is 0. The molecule has 0 saturated carbocycles. The highest BCUT2D eigenvalue weighted by Gasteiger charge is 1.90. The lowest BCUT2D eigenvalue weighted by atomic mass is 10.1. The summed E-state index contributed by atoms with van der Waals surface area (Å²) in [6.07, 6.45) is 10.3. The molecule has 1 unspecified atom stereocenters. The summed E-state index contributed by atoms with van der Waals surface area (Å²) in [4.78, 5) is 0. The Morgan fingerprint density at radius 1 is 0.909 bits per heavy atom. The predicted molar refractivity (Wildman–Crippen MR) is 53.9 cm³/mol. The first-order valence-electron chi connectivity index (χ1n) is 4.69. The average Bonchev–Trinajstić information content (AvgIpc) is 1.97. The van der Waals surface area contributed by atoms with Crippen LogP contribution in [0.3, 0.4) is 0 Å². The Hall–Kier alpha value is 0.910. The molecular weight excluding hydrogens is 219 g/mol. The molecule has 0 aromatic rings. The third-order valence-corrected chi connectivity index (χ3v) is 2.83. The van der Waals surface area contributed by atoms with Crippen LogP contribution in [0.25, 0.3) is 0 Å². The minimum atomic E-state index is 0. The van der Waals surface area contributed by atoms with Gasteiger partial charge in [-0.2, -0.15) is 0 Å². The zero-order chi connectivity index (χ0) is 7.66. The third-order valence-electron chi connectivity index (χ3n) is 1.85. The lowest BCUT2D eigenvalue weighted by molar-refractivity contribution is -0.00000228. The number of hydrogen-bond acceptors (Lipinski definition) is 0. The van der Waals surface area contributed by atoms with Gasteiger partial charge in [-0.15, -0.1) is 0 Å². The Bertz CT molecular complexity index is 49.5. The highest BCUT2D eigenvalue weighted by Crippen LogP contribution is 2.10. The van der Waals surface area contributed by atoms with Gasteiger partial charge in [-0.1, -0.05) is 32.6 Å². The van der Waals surface area contributed by atoms with Crippen LogP contribution >= 0.6 is 8.58 Å². The summed E-state index contributed by atoms with van der Waals surface area (Å²) in [6.45, 7) is 4.63. The zero-order valence-corrected chi connectivity index (χ0v) is 10.6. The van der Waals surface area contributed by atoms with Gasteiger partial charge in [-0.25, -0.2) is 0 Å². The van der Waals surface area contributed by atoms with E-state index in [1.54, 1.807) is 0 Å². The van der Waals surface area contributed by atoms with Gasteiger partial charge in [0.15, 0.2) is 0 Å². The molecule has 1 atom stereocenters. The van der Waals surface area contributed by atoms with Crippen molar-refractivity contribution in [2.45, 2.75) is 45.4 Å². The lowest BCUT2D eigenvalue weighted by Gasteiger charge is -1.95. The molecule has 0 N–H and O–H groups in total. The van der Waals surface area contributed by atoms with Crippen LogP contribution in [0, 0.1) is 0 Å². The smallest absolute Gasteiger partial charge is 0.0546 e. The van der Waals surface area contributed by atoms with E-state index in [1.807, 2.05) is 0 Å². The SMILES string of the molecule is CCCCCCCC[PH2+]C.[Br-]. The van der Waals surface area contributed by atoms with E-state index >= 15 is 0 Å². The Kier molecular flexibility index (Phi) is 17.7. The molecule has 0 heterocycles. The lowest BCUT2D eigenvalue weighted by Crippen LogP contribution is -3.00. The Balaban J connectivity index is 0. The van der Waals surface area contributed by atoms with E-state index in [2.05, 4.69) is 13.6 Å². The molecule has 2 heteroatoms. The molecule has 0 nitrogen and oxygen atoms in total. The van der Waals surface area contributed by atoms with Crippen LogP contribution in [0.2, 0.25) is 0 Å². The molecule has 0 rings (SSSR count). The van der Waals surface area contributed by atoms with Crippen molar-refractivity contribution in [3.8, 4) is 0 Å². The quantitative estimate of drug-likeness (QED) is 0.447. The van der Waals surface area contributed by atoms with Crippen LogP contribution in [-0.4, -0.2) is 12.8 Å². The second-order valence-electron chi connectivity index (χ2n) is 2.96. The molecule has 0 aliphatic rings. The second kappa shape index (κ2) is 13.5. The van der Waals surface area contributed by atoms with Gasteiger partial charge >= 0.3 is 0 Å². The van der Waals surface area contributed by atoms with Crippen molar-refractivity contribution in [3.63, 3.8) is 0 Å². The van der Waals surface area contributed by atoms with Crippen LogP contribution < -0.4 is 17.0 Å². The fourth-order valence-electron chi connectivity index (χ4n) is 1.13. The van der Waals surface area contributed by atoms with Gasteiger partial charge in [0, 0.05) is 6.66 Å². The molecule has 0 amide bonds. The molecule has 70 valence electrons. The van der Waals surface area contributed by atoms with Crippen LogP contribution in [0.5, 0.6) is 0 Å². The summed E-state index contributed by atoms with van der Waals surface area (Å²) in [5.41, 5.74) is 0. The van der Waals surface area contributed by atoms with Crippen molar-refractivity contribution in [3.05, 3.63) is 0 Å². The minimum absolute atomic E-state index is 0. The Morgan fingerprint density at radius 3 is 2.00 bits per heavy atom. The van der Waals surface area contributed by atoms with Gasteiger partial charge in [-0.3, -0.25) is 0 Å². The number of halogens is 1. The van der Waals surface area contributed by atoms with Crippen molar-refractivity contribution < 1.29 is 17.0 Å². The van der Waals surface area contributed by atoms with Crippen molar-refractivity contribution in [2.75, 3.05) is 12.8 Å². The van der Waals surface area contributed by atoms with Gasteiger partial charge < -0.3 is 17.0 Å².